The Kier molecular flexibility index (Phi) is 8.65. The SMILES string of the molecule is C[C@@H]1O[C@@H](O[C@H]2[C@@H](O)[C@@H](CO)OO[C@H]2COc2cc(O)c3c(c2)O[C@H](c2ccc(O)cc2)CC3=O)[C@@H](O)[C@@H](O)[C@@H]1O. The number of aliphatic hydroxyl groups is 5. The van der Waals surface area contributed by atoms with Gasteiger partial charge < -0.3 is 54.7 Å². The highest BCUT2D eigenvalue weighted by Gasteiger charge is 2.48. The zero-order valence-corrected chi connectivity index (χ0v) is 21.8. The van der Waals surface area contributed by atoms with Crippen molar-refractivity contribution >= 4 is 5.78 Å². The number of benzene rings is 2. The van der Waals surface area contributed by atoms with Gasteiger partial charge in [0.05, 0.1) is 19.1 Å². The predicted octanol–water partition coefficient (Wildman–Crippen LogP) is -0.552. The van der Waals surface area contributed by atoms with E-state index in [2.05, 4.69) is 0 Å². The van der Waals surface area contributed by atoms with E-state index in [-0.39, 0.29) is 47.4 Å². The van der Waals surface area contributed by atoms with E-state index < -0.39 is 67.8 Å². The molecule has 2 fully saturated rings. The van der Waals surface area contributed by atoms with Gasteiger partial charge in [0.15, 0.2) is 18.2 Å². The number of carbonyl (C=O) groups is 1. The Labute approximate surface area is 233 Å². The second-order valence-electron chi connectivity index (χ2n) is 10.2. The van der Waals surface area contributed by atoms with E-state index in [4.69, 9.17) is 28.7 Å². The van der Waals surface area contributed by atoms with Crippen LogP contribution < -0.4 is 9.47 Å². The number of hydrogen-bond donors (Lipinski definition) is 7. The third-order valence-corrected chi connectivity index (χ3v) is 7.32. The number of aliphatic hydroxyl groups excluding tert-OH is 5. The fraction of sp³-hybridized carbons (Fsp3) is 0.519. The van der Waals surface area contributed by atoms with E-state index in [1.165, 1.54) is 31.2 Å². The van der Waals surface area contributed by atoms with Gasteiger partial charge in [-0.25, -0.2) is 9.78 Å². The monoisotopic (exact) mass is 580 g/mol. The Hall–Kier alpha value is -3.05. The molecule has 0 spiro atoms. The first-order valence-electron chi connectivity index (χ1n) is 13.0. The minimum absolute atomic E-state index is 0.00894. The number of phenolic OH excluding ortho intramolecular Hbond substituents is 2. The molecular weight excluding hydrogens is 548 g/mol. The number of hydrogen-bond acceptors (Lipinski definition) is 14. The summed E-state index contributed by atoms with van der Waals surface area (Å²) in [6.07, 6.45) is -12.9. The van der Waals surface area contributed by atoms with E-state index in [9.17, 15) is 40.5 Å². The van der Waals surface area contributed by atoms with Crippen LogP contribution in [0.5, 0.6) is 23.0 Å². The van der Waals surface area contributed by atoms with Gasteiger partial charge in [-0.05, 0) is 24.6 Å². The average Bonchev–Trinajstić information content (AvgIpc) is 2.94. The summed E-state index contributed by atoms with van der Waals surface area (Å²) in [5.74, 6) is -0.521. The van der Waals surface area contributed by atoms with Crippen molar-refractivity contribution < 1.29 is 69.3 Å². The molecule has 2 aromatic carbocycles. The van der Waals surface area contributed by atoms with Gasteiger partial charge in [0.1, 0.15) is 77.9 Å². The molecule has 5 rings (SSSR count). The molecule has 3 aliphatic rings. The molecule has 0 saturated carbocycles. The smallest absolute Gasteiger partial charge is 0.187 e. The predicted molar refractivity (Wildman–Crippen MR) is 134 cm³/mol. The van der Waals surface area contributed by atoms with Gasteiger partial charge in [0.25, 0.3) is 0 Å². The maximum absolute atomic E-state index is 12.8. The molecule has 3 aliphatic heterocycles. The number of ether oxygens (including phenoxy) is 4. The standard InChI is InChI=1S/C27H32O14/c1-11-22(32)24(34)25(35)27(37-11)39-26-20(41-40-19(9-28)23(26)33)10-36-14-6-15(30)21-16(31)8-17(38-18(21)7-14)12-2-4-13(29)5-3-12/h2-7,11,17,19-20,22-30,32-35H,8-10H2,1H3/t11-,17-,19+,20-,22+,23-,24-,25-,26+,27-/m0/s1. The lowest BCUT2D eigenvalue weighted by atomic mass is 9.95. The van der Waals surface area contributed by atoms with Gasteiger partial charge in [0, 0.05) is 12.1 Å². The maximum atomic E-state index is 12.8. The second-order valence-corrected chi connectivity index (χ2v) is 10.2. The van der Waals surface area contributed by atoms with E-state index in [0.29, 0.717) is 5.56 Å². The van der Waals surface area contributed by atoms with Crippen LogP contribution in [-0.4, -0.2) is 110 Å². The summed E-state index contributed by atoms with van der Waals surface area (Å²) in [6, 6.07) is 8.79. The molecule has 0 aromatic heterocycles. The topological polar surface area (TPSA) is 214 Å². The minimum Gasteiger partial charge on any atom is -0.508 e. The molecule has 0 unspecified atom stereocenters. The fourth-order valence-electron chi connectivity index (χ4n) is 4.95. The Balaban J connectivity index is 1.32. The highest BCUT2D eigenvalue weighted by molar-refractivity contribution is 6.02. The summed E-state index contributed by atoms with van der Waals surface area (Å²) in [4.78, 5) is 23.1. The van der Waals surface area contributed by atoms with Crippen LogP contribution in [0.1, 0.15) is 35.4 Å². The molecule has 41 heavy (non-hydrogen) atoms. The third-order valence-electron chi connectivity index (χ3n) is 7.32. The molecule has 0 amide bonds. The minimum atomic E-state index is -1.67. The Morgan fingerprint density at radius 2 is 1.63 bits per heavy atom. The number of ketones is 1. The first-order valence-corrected chi connectivity index (χ1v) is 13.0. The lowest BCUT2D eigenvalue weighted by molar-refractivity contribution is -0.434. The third kappa shape index (κ3) is 5.97. The second kappa shape index (κ2) is 12.1. The number of Topliss-reactive ketones (excluding diaryl/α,β-unsaturated/α-hetero) is 1. The molecule has 14 heteroatoms. The van der Waals surface area contributed by atoms with Crippen LogP contribution in [0.15, 0.2) is 36.4 Å². The van der Waals surface area contributed by atoms with Gasteiger partial charge in [-0.1, -0.05) is 12.1 Å². The van der Waals surface area contributed by atoms with Crippen LogP contribution in [0.3, 0.4) is 0 Å². The van der Waals surface area contributed by atoms with Crippen molar-refractivity contribution in [3.05, 3.63) is 47.5 Å². The molecule has 3 heterocycles. The zero-order chi connectivity index (χ0) is 29.4. The summed E-state index contributed by atoms with van der Waals surface area (Å²) in [6.45, 7) is 0.482. The first kappa shape index (κ1) is 29.4. The molecule has 7 N–H and O–H groups in total. The molecule has 224 valence electrons. The average molecular weight is 581 g/mol. The van der Waals surface area contributed by atoms with Crippen molar-refractivity contribution in [2.45, 2.75) is 74.6 Å². The molecule has 10 atom stereocenters. The summed E-state index contributed by atoms with van der Waals surface area (Å²) < 4.78 is 23.0. The summed E-state index contributed by atoms with van der Waals surface area (Å²) in [5.41, 5.74) is 0.636. The maximum Gasteiger partial charge on any atom is 0.187 e. The molecule has 0 bridgehead atoms. The van der Waals surface area contributed by atoms with E-state index in [1.807, 2.05) is 0 Å². The Morgan fingerprint density at radius 1 is 0.927 bits per heavy atom. The Bertz CT molecular complexity index is 1220. The quantitative estimate of drug-likeness (QED) is 0.205. The molecule has 14 nitrogen and oxygen atoms in total. The lowest BCUT2D eigenvalue weighted by Crippen LogP contribution is -2.62. The van der Waals surface area contributed by atoms with Crippen LogP contribution in [0, 0.1) is 0 Å². The molecular formula is C27H32O14. The van der Waals surface area contributed by atoms with Gasteiger partial charge >= 0.3 is 0 Å². The van der Waals surface area contributed by atoms with Crippen molar-refractivity contribution in [2.24, 2.45) is 0 Å². The number of fused-ring (bicyclic) bond motifs is 1. The number of aromatic hydroxyl groups is 2. The number of phenols is 2. The van der Waals surface area contributed by atoms with Crippen molar-refractivity contribution in [3.63, 3.8) is 0 Å². The fourth-order valence-corrected chi connectivity index (χ4v) is 4.95. The number of carbonyl (C=O) groups excluding carboxylic acids is 1. The molecule has 0 radical (unpaired) electrons. The van der Waals surface area contributed by atoms with E-state index >= 15 is 0 Å². The first-order chi connectivity index (χ1) is 19.6. The van der Waals surface area contributed by atoms with Crippen molar-refractivity contribution in [1.82, 2.24) is 0 Å². The van der Waals surface area contributed by atoms with Crippen molar-refractivity contribution in [3.8, 4) is 23.0 Å². The number of rotatable bonds is 7. The van der Waals surface area contributed by atoms with Gasteiger partial charge in [-0.3, -0.25) is 4.79 Å². The van der Waals surface area contributed by atoms with Gasteiger partial charge in [-0.15, -0.1) is 0 Å². The molecule has 2 aromatic rings. The van der Waals surface area contributed by atoms with Crippen LogP contribution in [0.25, 0.3) is 0 Å². The van der Waals surface area contributed by atoms with E-state index in [1.54, 1.807) is 12.1 Å². The van der Waals surface area contributed by atoms with Crippen LogP contribution in [0.2, 0.25) is 0 Å². The highest BCUT2D eigenvalue weighted by atomic mass is 17.2. The molecule has 0 aliphatic carbocycles. The Morgan fingerprint density at radius 3 is 2.34 bits per heavy atom. The largest absolute Gasteiger partial charge is 0.508 e. The molecule has 2 saturated heterocycles. The van der Waals surface area contributed by atoms with Gasteiger partial charge in [0.2, 0.25) is 0 Å². The summed E-state index contributed by atoms with van der Waals surface area (Å²) in [7, 11) is 0. The summed E-state index contributed by atoms with van der Waals surface area (Å²) >= 11 is 0. The highest BCUT2D eigenvalue weighted by Crippen LogP contribution is 2.42. The van der Waals surface area contributed by atoms with Crippen molar-refractivity contribution in [1.29, 1.82) is 0 Å². The van der Waals surface area contributed by atoms with Crippen LogP contribution in [0.4, 0.5) is 0 Å². The normalized spacial score (nSPS) is 35.4. The van der Waals surface area contributed by atoms with Crippen molar-refractivity contribution in [2.75, 3.05) is 13.2 Å². The van der Waals surface area contributed by atoms with Gasteiger partial charge in [-0.2, -0.15) is 0 Å². The van der Waals surface area contributed by atoms with E-state index in [0.717, 1.165) is 0 Å². The zero-order valence-electron chi connectivity index (χ0n) is 21.8. The summed E-state index contributed by atoms with van der Waals surface area (Å²) in [5, 5.41) is 70.9. The lowest BCUT2D eigenvalue weighted by Gasteiger charge is -2.44. The van der Waals surface area contributed by atoms with Crippen LogP contribution in [-0.2, 0) is 19.2 Å². The van der Waals surface area contributed by atoms with Crippen LogP contribution >= 0.6 is 0 Å².